The summed E-state index contributed by atoms with van der Waals surface area (Å²) < 4.78 is 0. The maximum atomic E-state index is 14.2. The lowest BCUT2D eigenvalue weighted by Crippen LogP contribution is -2.59. The quantitative estimate of drug-likeness (QED) is 0.141. The topological polar surface area (TPSA) is 240 Å². The van der Waals surface area contributed by atoms with Crippen LogP contribution in [0.2, 0.25) is 0 Å². The molecule has 306 valence electrons. The van der Waals surface area contributed by atoms with Gasteiger partial charge in [0.2, 0.25) is 29.5 Å². The number of hydrogen-bond donors (Lipinski definition) is 7. The van der Waals surface area contributed by atoms with Gasteiger partial charge in [-0.2, -0.15) is 0 Å². The van der Waals surface area contributed by atoms with Crippen LogP contribution in [0.5, 0.6) is 0 Å². The van der Waals surface area contributed by atoms with Crippen molar-refractivity contribution in [2.24, 2.45) is 5.92 Å². The number of aliphatic hydroxyl groups is 1. The van der Waals surface area contributed by atoms with Gasteiger partial charge in [0, 0.05) is 73.4 Å². The zero-order chi connectivity index (χ0) is 41.3. The number of nitrogens with zero attached hydrogens (tertiary/aromatic N) is 4. The number of H-pyrrole nitrogens is 1. The van der Waals surface area contributed by atoms with Gasteiger partial charge in [-0.05, 0) is 62.3 Å². The highest BCUT2D eigenvalue weighted by atomic mass is 16.3. The van der Waals surface area contributed by atoms with Crippen LogP contribution in [0, 0.1) is 5.92 Å². The van der Waals surface area contributed by atoms with Crippen LogP contribution < -0.4 is 26.6 Å². The van der Waals surface area contributed by atoms with Crippen LogP contribution in [0.25, 0.3) is 22.3 Å². The van der Waals surface area contributed by atoms with Gasteiger partial charge in [-0.15, -0.1) is 0 Å². The first kappa shape index (κ1) is 41.4. The predicted octanol–water partition coefficient (Wildman–Crippen LogP) is 1.14. The third-order valence-electron chi connectivity index (χ3n) is 10.3. The normalized spacial score (nSPS) is 24.2. The fraction of sp³-hybridized carbons (Fsp3) is 0.439. The summed E-state index contributed by atoms with van der Waals surface area (Å²) >= 11 is 0. The minimum Gasteiger partial charge on any atom is -0.391 e. The molecule has 4 aromatic rings. The summed E-state index contributed by atoms with van der Waals surface area (Å²) in [6.45, 7) is 5.38. The summed E-state index contributed by atoms with van der Waals surface area (Å²) in [5.41, 5.74) is 2.33. The molecule has 2 saturated heterocycles. The number of aromatic nitrogens is 4. The molecule has 3 aromatic heterocycles. The molecule has 2 fully saturated rings. The Morgan fingerprint density at radius 2 is 1.67 bits per heavy atom. The van der Waals surface area contributed by atoms with Crippen molar-refractivity contribution < 1.29 is 33.9 Å². The van der Waals surface area contributed by atoms with Crippen molar-refractivity contribution in [1.82, 2.24) is 51.4 Å². The number of nitrogens with one attached hydrogen (secondary N) is 6. The van der Waals surface area contributed by atoms with E-state index in [1.165, 1.54) is 24.2 Å². The summed E-state index contributed by atoms with van der Waals surface area (Å²) in [5, 5.41) is 25.4. The van der Waals surface area contributed by atoms with Gasteiger partial charge >= 0.3 is 0 Å². The Labute approximate surface area is 335 Å². The van der Waals surface area contributed by atoms with Crippen LogP contribution in [0.3, 0.4) is 0 Å². The van der Waals surface area contributed by atoms with E-state index in [9.17, 15) is 33.9 Å². The van der Waals surface area contributed by atoms with E-state index < -0.39 is 71.8 Å². The van der Waals surface area contributed by atoms with Crippen molar-refractivity contribution in [3.8, 4) is 11.4 Å². The Kier molecular flexibility index (Phi) is 13.4. The van der Waals surface area contributed by atoms with Gasteiger partial charge < -0.3 is 41.6 Å². The van der Waals surface area contributed by atoms with E-state index in [0.717, 1.165) is 16.5 Å². The summed E-state index contributed by atoms with van der Waals surface area (Å²) in [7, 11) is 0. The van der Waals surface area contributed by atoms with Gasteiger partial charge in [-0.1, -0.05) is 32.0 Å². The van der Waals surface area contributed by atoms with Crippen molar-refractivity contribution in [3.63, 3.8) is 0 Å². The molecule has 0 bridgehead atoms. The molecule has 0 unspecified atom stereocenters. The van der Waals surface area contributed by atoms with Crippen LogP contribution in [0.15, 0.2) is 67.4 Å². The number of carbonyl (C=O) groups excluding carboxylic acids is 6. The average Bonchev–Trinajstić information content (AvgIpc) is 3.82. The summed E-state index contributed by atoms with van der Waals surface area (Å²) in [4.78, 5) is 100.0. The highest BCUT2D eigenvalue weighted by Gasteiger charge is 2.42. The van der Waals surface area contributed by atoms with E-state index in [1.807, 2.05) is 38.1 Å². The number of benzene rings is 1. The Bertz CT molecular complexity index is 2110. The van der Waals surface area contributed by atoms with Gasteiger partial charge in [-0.3, -0.25) is 33.8 Å². The van der Waals surface area contributed by atoms with E-state index >= 15 is 0 Å². The number of aliphatic hydroxyl groups excluding tert-OH is 1. The number of para-hydroxylation sites is 1. The van der Waals surface area contributed by atoms with E-state index in [0.29, 0.717) is 24.2 Å². The molecule has 17 nitrogen and oxygen atoms in total. The number of aromatic amines is 1. The predicted molar refractivity (Wildman–Crippen MR) is 212 cm³/mol. The van der Waals surface area contributed by atoms with E-state index in [1.54, 1.807) is 30.7 Å². The second kappa shape index (κ2) is 18.8. The van der Waals surface area contributed by atoms with Crippen LogP contribution in [0.4, 0.5) is 0 Å². The van der Waals surface area contributed by atoms with Crippen molar-refractivity contribution in [2.45, 2.75) is 95.6 Å². The molecule has 1 aromatic carbocycles. The lowest BCUT2D eigenvalue weighted by Gasteiger charge is -2.30. The summed E-state index contributed by atoms with van der Waals surface area (Å²) in [5.74, 6) is -3.20. The van der Waals surface area contributed by atoms with Crippen molar-refractivity contribution in [3.05, 3.63) is 78.5 Å². The molecule has 6 atom stereocenters. The first-order chi connectivity index (χ1) is 27.9. The number of amides is 6. The maximum Gasteiger partial charge on any atom is 0.255 e. The molecule has 7 N–H and O–H groups in total. The highest BCUT2D eigenvalue weighted by Crippen LogP contribution is 2.23. The Balaban J connectivity index is 1.26. The van der Waals surface area contributed by atoms with Crippen molar-refractivity contribution in [2.75, 3.05) is 13.1 Å². The van der Waals surface area contributed by atoms with Gasteiger partial charge in [0.15, 0.2) is 5.82 Å². The molecular formula is C41H50N10O7. The first-order valence-corrected chi connectivity index (χ1v) is 19.6. The zero-order valence-electron chi connectivity index (χ0n) is 32.7. The van der Waals surface area contributed by atoms with Crippen molar-refractivity contribution >= 4 is 46.3 Å². The van der Waals surface area contributed by atoms with Gasteiger partial charge in [-0.25, -0.2) is 9.97 Å². The second-order valence-electron chi connectivity index (χ2n) is 15.3. The minimum absolute atomic E-state index is 0.0261. The fourth-order valence-corrected chi connectivity index (χ4v) is 7.28. The molecule has 2 aliphatic heterocycles. The molecule has 0 saturated carbocycles. The van der Waals surface area contributed by atoms with Gasteiger partial charge in [0.25, 0.3) is 5.91 Å². The van der Waals surface area contributed by atoms with E-state index in [4.69, 9.17) is 0 Å². The standard InChI is InChI=1S/C41H50N10O7/c1-23(2)15-33-41(58)51-22-28(52)17-34(51)40(57)43-14-7-6-12-31(48-37(54)27-20-45-35(46-21-27)25-9-8-13-42-18-25)38(55)47-24(3)36(53)49-32(39(56)50-33)16-26-19-44-30-11-5-4-10-29(26)30/h4-5,8-11,13,18-21,23-24,28,31-34,44,52H,6-7,12,14-17,22H2,1-3H3,(H,43,57)(H,47,55)(H,48,54)(H,49,53)(H,50,56)/t24-,28-,31+,32+,33-,34+/m1/s1. The molecule has 6 rings (SSSR count). The molecule has 2 aliphatic rings. The minimum atomic E-state index is -1.19. The number of rotatable bonds is 7. The average molecular weight is 795 g/mol. The van der Waals surface area contributed by atoms with E-state index in [-0.39, 0.29) is 50.3 Å². The Morgan fingerprint density at radius 3 is 2.41 bits per heavy atom. The lowest BCUT2D eigenvalue weighted by molar-refractivity contribution is -0.142. The molecule has 6 amide bonds. The number of pyridine rings is 1. The van der Waals surface area contributed by atoms with Gasteiger partial charge in [0.1, 0.15) is 30.2 Å². The van der Waals surface area contributed by atoms with Crippen LogP contribution in [-0.4, -0.2) is 115 Å². The van der Waals surface area contributed by atoms with Crippen molar-refractivity contribution in [1.29, 1.82) is 0 Å². The van der Waals surface area contributed by atoms with Crippen LogP contribution in [0.1, 0.15) is 68.8 Å². The summed E-state index contributed by atoms with van der Waals surface area (Å²) in [6, 6.07) is 5.55. The van der Waals surface area contributed by atoms with Gasteiger partial charge in [0.05, 0.1) is 11.7 Å². The van der Waals surface area contributed by atoms with Crippen LogP contribution >= 0.6 is 0 Å². The molecule has 0 spiro atoms. The molecule has 58 heavy (non-hydrogen) atoms. The SMILES string of the molecule is CC(C)C[C@H]1NC(=O)[C@H](Cc2c[nH]c3ccccc23)NC(=O)[C@@H](C)NC(=O)[C@@H](NC(=O)c2cnc(-c3cccnc3)nc2)CCCCNC(=O)[C@@H]2C[C@@H](O)CN2C1=O. The monoisotopic (exact) mass is 794 g/mol. The molecular weight excluding hydrogens is 745 g/mol. The number of hydrogen-bond acceptors (Lipinski definition) is 10. The maximum absolute atomic E-state index is 14.2. The largest absolute Gasteiger partial charge is 0.391 e. The Morgan fingerprint density at radius 1 is 0.914 bits per heavy atom. The summed E-state index contributed by atoms with van der Waals surface area (Å²) in [6.07, 6.45) is 7.95. The number of carbonyl (C=O) groups is 6. The fourth-order valence-electron chi connectivity index (χ4n) is 7.28. The third kappa shape index (κ3) is 10.2. The lowest BCUT2D eigenvalue weighted by atomic mass is 10.00. The zero-order valence-corrected chi connectivity index (χ0v) is 32.7. The molecule has 5 heterocycles. The molecule has 0 aliphatic carbocycles. The van der Waals surface area contributed by atoms with Crippen LogP contribution in [-0.2, 0) is 30.4 Å². The van der Waals surface area contributed by atoms with E-state index in [2.05, 4.69) is 46.5 Å². The second-order valence-corrected chi connectivity index (χ2v) is 15.3. The third-order valence-corrected chi connectivity index (χ3v) is 10.3. The highest BCUT2D eigenvalue weighted by molar-refractivity contribution is 5.99. The molecule has 0 radical (unpaired) electrons. The smallest absolute Gasteiger partial charge is 0.255 e. The first-order valence-electron chi connectivity index (χ1n) is 19.6. The Hall–Kier alpha value is -6.23. The molecule has 17 heteroatoms. The number of fused-ring (bicyclic) bond motifs is 2.